The first-order chi connectivity index (χ1) is 8.47. The van der Waals surface area contributed by atoms with Crippen molar-refractivity contribution in [3.05, 3.63) is 32.4 Å². The second-order valence-electron chi connectivity index (χ2n) is 4.30. The number of hydrogen-bond donors (Lipinski definition) is 1. The van der Waals surface area contributed by atoms with Crippen LogP contribution in [0.2, 0.25) is 0 Å². The molecule has 1 N–H and O–H groups in total. The van der Waals surface area contributed by atoms with Gasteiger partial charge in [-0.3, -0.25) is 9.89 Å². The summed E-state index contributed by atoms with van der Waals surface area (Å²) in [5, 5.41) is 6.92. The highest BCUT2D eigenvalue weighted by Crippen LogP contribution is 2.18. The summed E-state index contributed by atoms with van der Waals surface area (Å²) >= 11 is 5.15. The molecule has 0 atom stereocenters. The quantitative estimate of drug-likeness (QED) is 0.843. The second kappa shape index (κ2) is 4.53. The zero-order valence-corrected chi connectivity index (χ0v) is 11.8. The molecule has 2 aromatic heterocycles. The Kier molecular flexibility index (Phi) is 3.21. The molecule has 0 spiro atoms. The molecule has 96 valence electrons. The summed E-state index contributed by atoms with van der Waals surface area (Å²) in [6.07, 6.45) is 0. The van der Waals surface area contributed by atoms with Gasteiger partial charge in [-0.2, -0.15) is 5.10 Å². The van der Waals surface area contributed by atoms with Gasteiger partial charge in [0.25, 0.3) is 5.56 Å². The molecule has 0 aliphatic heterocycles. The van der Waals surface area contributed by atoms with E-state index in [1.54, 1.807) is 11.6 Å². The average Bonchev–Trinajstić information content (AvgIpc) is 2.68. The van der Waals surface area contributed by atoms with Gasteiger partial charge in [0.05, 0.1) is 5.56 Å². The standard InChI is InChI=1S/C12H16N4OS/c1-5-16-10(13-14-12(16)18)9-7(2)6-8(3)15(4)11(9)17/h6H,5H2,1-4H3,(H,14,18). The van der Waals surface area contributed by atoms with E-state index in [9.17, 15) is 4.79 Å². The molecule has 2 aromatic rings. The number of pyridine rings is 1. The van der Waals surface area contributed by atoms with E-state index in [0.29, 0.717) is 22.7 Å². The summed E-state index contributed by atoms with van der Waals surface area (Å²) < 4.78 is 3.99. The Morgan fingerprint density at radius 1 is 1.44 bits per heavy atom. The molecule has 18 heavy (non-hydrogen) atoms. The molecule has 0 aliphatic rings. The fraction of sp³-hybridized carbons (Fsp3) is 0.417. The highest BCUT2D eigenvalue weighted by molar-refractivity contribution is 7.71. The van der Waals surface area contributed by atoms with E-state index in [0.717, 1.165) is 11.3 Å². The zero-order chi connectivity index (χ0) is 13.4. The summed E-state index contributed by atoms with van der Waals surface area (Å²) in [5.41, 5.74) is 2.41. The predicted molar refractivity (Wildman–Crippen MR) is 73.2 cm³/mol. The lowest BCUT2D eigenvalue weighted by atomic mass is 10.1. The van der Waals surface area contributed by atoms with E-state index in [1.165, 1.54) is 0 Å². The fourth-order valence-electron chi connectivity index (χ4n) is 2.05. The summed E-state index contributed by atoms with van der Waals surface area (Å²) in [6, 6.07) is 1.98. The van der Waals surface area contributed by atoms with Crippen LogP contribution in [-0.2, 0) is 13.6 Å². The lowest BCUT2D eigenvalue weighted by Gasteiger charge is -2.10. The van der Waals surface area contributed by atoms with Gasteiger partial charge < -0.3 is 9.13 Å². The van der Waals surface area contributed by atoms with Crippen molar-refractivity contribution in [1.29, 1.82) is 0 Å². The molecule has 0 amide bonds. The minimum absolute atomic E-state index is 0.0452. The minimum atomic E-state index is -0.0452. The van der Waals surface area contributed by atoms with E-state index >= 15 is 0 Å². The summed E-state index contributed by atoms with van der Waals surface area (Å²) in [4.78, 5) is 12.3. The first kappa shape index (κ1) is 12.8. The van der Waals surface area contributed by atoms with Crippen molar-refractivity contribution >= 4 is 12.2 Å². The van der Waals surface area contributed by atoms with Crippen molar-refractivity contribution in [3.8, 4) is 11.4 Å². The average molecular weight is 264 g/mol. The highest BCUT2D eigenvalue weighted by Gasteiger charge is 2.16. The van der Waals surface area contributed by atoms with Crippen LogP contribution < -0.4 is 5.56 Å². The Balaban J connectivity index is 2.84. The first-order valence-corrected chi connectivity index (χ1v) is 6.21. The number of H-pyrrole nitrogens is 1. The Morgan fingerprint density at radius 2 is 2.11 bits per heavy atom. The van der Waals surface area contributed by atoms with Crippen LogP contribution >= 0.6 is 12.2 Å². The largest absolute Gasteiger partial charge is 0.315 e. The first-order valence-electron chi connectivity index (χ1n) is 5.80. The normalized spacial score (nSPS) is 10.9. The van der Waals surface area contributed by atoms with E-state index in [2.05, 4.69) is 10.2 Å². The number of nitrogens with zero attached hydrogens (tertiary/aromatic N) is 3. The monoisotopic (exact) mass is 264 g/mol. The summed E-state index contributed by atoms with van der Waals surface area (Å²) in [7, 11) is 1.76. The second-order valence-corrected chi connectivity index (χ2v) is 4.69. The summed E-state index contributed by atoms with van der Waals surface area (Å²) in [5.74, 6) is 0.612. The Bertz CT molecular complexity index is 708. The molecule has 0 saturated carbocycles. The molecule has 2 rings (SSSR count). The third kappa shape index (κ3) is 1.82. The molecule has 0 radical (unpaired) electrons. The Labute approximate surface area is 110 Å². The topological polar surface area (TPSA) is 55.6 Å². The van der Waals surface area contributed by atoms with Gasteiger partial charge in [0.2, 0.25) is 0 Å². The molecule has 0 bridgehead atoms. The van der Waals surface area contributed by atoms with E-state index in [4.69, 9.17) is 12.2 Å². The molecular formula is C12H16N4OS. The van der Waals surface area contributed by atoms with Crippen molar-refractivity contribution in [1.82, 2.24) is 19.3 Å². The maximum absolute atomic E-state index is 12.3. The molecule has 0 fully saturated rings. The van der Waals surface area contributed by atoms with Gasteiger partial charge in [-0.05, 0) is 44.6 Å². The molecular weight excluding hydrogens is 248 g/mol. The van der Waals surface area contributed by atoms with Crippen molar-refractivity contribution in [2.45, 2.75) is 27.3 Å². The summed E-state index contributed by atoms with van der Waals surface area (Å²) in [6.45, 7) is 6.49. The van der Waals surface area contributed by atoms with Crippen LogP contribution in [0.4, 0.5) is 0 Å². The molecule has 6 heteroatoms. The maximum Gasteiger partial charge on any atom is 0.261 e. The number of hydrogen-bond acceptors (Lipinski definition) is 3. The number of aromatic nitrogens is 4. The number of rotatable bonds is 2. The van der Waals surface area contributed by atoms with Crippen LogP contribution in [0.1, 0.15) is 18.2 Å². The van der Waals surface area contributed by atoms with Crippen molar-refractivity contribution in [3.63, 3.8) is 0 Å². The predicted octanol–water partition coefficient (Wildman–Crippen LogP) is 1.94. The fourth-order valence-corrected chi connectivity index (χ4v) is 2.31. The molecule has 0 aromatic carbocycles. The number of nitrogens with one attached hydrogen (secondary N) is 1. The molecule has 0 unspecified atom stereocenters. The number of aryl methyl sites for hydroxylation is 2. The lowest BCUT2D eigenvalue weighted by molar-refractivity contribution is 0.748. The van der Waals surface area contributed by atoms with E-state index in [1.807, 2.05) is 31.4 Å². The smallest absolute Gasteiger partial charge is 0.261 e. The van der Waals surface area contributed by atoms with Crippen LogP contribution in [0, 0.1) is 18.6 Å². The van der Waals surface area contributed by atoms with Gasteiger partial charge in [-0.1, -0.05) is 0 Å². The Morgan fingerprint density at radius 3 is 2.72 bits per heavy atom. The van der Waals surface area contributed by atoms with Crippen molar-refractivity contribution < 1.29 is 0 Å². The van der Waals surface area contributed by atoms with Gasteiger partial charge >= 0.3 is 0 Å². The van der Waals surface area contributed by atoms with Crippen LogP contribution in [0.3, 0.4) is 0 Å². The maximum atomic E-state index is 12.3. The van der Waals surface area contributed by atoms with Gasteiger partial charge in [0, 0.05) is 19.3 Å². The lowest BCUT2D eigenvalue weighted by Crippen LogP contribution is -2.23. The van der Waals surface area contributed by atoms with Crippen LogP contribution in [0.25, 0.3) is 11.4 Å². The SMILES string of the molecule is CCn1c(-c2c(C)cc(C)n(C)c2=O)n[nH]c1=S. The van der Waals surface area contributed by atoms with Gasteiger partial charge in [-0.25, -0.2) is 0 Å². The molecule has 5 nitrogen and oxygen atoms in total. The van der Waals surface area contributed by atoms with Crippen molar-refractivity contribution in [2.24, 2.45) is 7.05 Å². The highest BCUT2D eigenvalue weighted by atomic mass is 32.1. The molecule has 2 heterocycles. The van der Waals surface area contributed by atoms with Crippen LogP contribution in [0.5, 0.6) is 0 Å². The third-order valence-corrected chi connectivity index (χ3v) is 3.48. The molecule has 0 saturated heterocycles. The van der Waals surface area contributed by atoms with Crippen LogP contribution in [-0.4, -0.2) is 19.3 Å². The third-order valence-electron chi connectivity index (χ3n) is 3.17. The number of aromatic amines is 1. The molecule has 0 aliphatic carbocycles. The zero-order valence-electron chi connectivity index (χ0n) is 10.9. The van der Waals surface area contributed by atoms with Gasteiger partial charge in [0.1, 0.15) is 0 Å². The van der Waals surface area contributed by atoms with Crippen LogP contribution in [0.15, 0.2) is 10.9 Å². The van der Waals surface area contributed by atoms with E-state index < -0.39 is 0 Å². The van der Waals surface area contributed by atoms with E-state index in [-0.39, 0.29) is 5.56 Å². The van der Waals surface area contributed by atoms with Gasteiger partial charge in [0.15, 0.2) is 10.6 Å². The van der Waals surface area contributed by atoms with Gasteiger partial charge in [-0.15, -0.1) is 0 Å². The minimum Gasteiger partial charge on any atom is -0.315 e. The van der Waals surface area contributed by atoms with Crippen molar-refractivity contribution in [2.75, 3.05) is 0 Å². The Hall–Kier alpha value is -1.69.